The number of nitrogens with zero attached hydrogens (tertiary/aromatic N) is 4. The topological polar surface area (TPSA) is 80.9 Å². The van der Waals surface area contributed by atoms with Gasteiger partial charge in [0.15, 0.2) is 5.13 Å². The highest BCUT2D eigenvalue weighted by molar-refractivity contribution is 7.22. The van der Waals surface area contributed by atoms with Crippen molar-refractivity contribution in [2.45, 2.75) is 20.8 Å². The lowest BCUT2D eigenvalue weighted by molar-refractivity contribution is 0.0983. The molecule has 4 rings (SSSR count). The Morgan fingerprint density at radius 1 is 1.06 bits per heavy atom. The molecule has 0 aliphatic carbocycles. The molecular weight excluding hydrogens is 500 g/mol. The third-order valence-corrected chi connectivity index (χ3v) is 7.54. The maximum absolute atomic E-state index is 14.2. The van der Waals surface area contributed by atoms with E-state index in [4.69, 9.17) is 30.6 Å². The number of benzene rings is 2. The summed E-state index contributed by atoms with van der Waals surface area (Å²) in [6, 6.07) is 10.9. The summed E-state index contributed by atoms with van der Waals surface area (Å²) in [5, 5.41) is 5.22. The number of halogens is 1. The van der Waals surface area contributed by atoms with Gasteiger partial charge in [0.25, 0.3) is 5.91 Å². The number of carbonyl (C=O) groups excluding carboxylic acids is 1. The number of carbonyl (C=O) groups is 1. The molecule has 0 saturated heterocycles. The molecule has 0 unspecified atom stereocenters. The van der Waals surface area contributed by atoms with Gasteiger partial charge in [-0.05, 0) is 38.2 Å². The Kier molecular flexibility index (Phi) is 8.13. The second-order valence-corrected chi connectivity index (χ2v) is 9.45. The van der Waals surface area contributed by atoms with E-state index in [9.17, 15) is 4.79 Å². The van der Waals surface area contributed by atoms with E-state index in [0.29, 0.717) is 62.8 Å². The summed E-state index contributed by atoms with van der Waals surface area (Å²) in [5.74, 6) is 1.44. The van der Waals surface area contributed by atoms with Crippen LogP contribution in [-0.4, -0.2) is 61.3 Å². The minimum absolute atomic E-state index is 0.257. The van der Waals surface area contributed by atoms with Crippen molar-refractivity contribution in [1.29, 1.82) is 0 Å². The molecule has 0 aliphatic heterocycles. The fourth-order valence-corrected chi connectivity index (χ4v) is 5.38. The first-order valence-corrected chi connectivity index (χ1v) is 12.9. The fraction of sp³-hybridized carbons (Fsp3) is 0.346. The number of methoxy groups -OCH3 is 2. The van der Waals surface area contributed by atoms with Crippen LogP contribution in [0.3, 0.4) is 0 Å². The normalized spacial score (nSPS) is 11.3. The molecule has 0 bridgehead atoms. The monoisotopic (exact) mass is 528 g/mol. The lowest BCUT2D eigenvalue weighted by Gasteiger charge is -2.24. The summed E-state index contributed by atoms with van der Waals surface area (Å²) in [7, 11) is 3.21. The summed E-state index contributed by atoms with van der Waals surface area (Å²) in [6.07, 6.45) is 0. The number of hydrogen-bond acceptors (Lipinski definition) is 8. The minimum atomic E-state index is -0.257. The molecule has 0 saturated carbocycles. The highest BCUT2D eigenvalue weighted by Crippen LogP contribution is 2.41. The summed E-state index contributed by atoms with van der Waals surface area (Å²) in [5.41, 5.74) is 2.05. The second-order valence-electron chi connectivity index (χ2n) is 8.07. The molecule has 10 heteroatoms. The number of rotatable bonds is 10. The maximum atomic E-state index is 14.2. The van der Waals surface area contributed by atoms with E-state index in [-0.39, 0.29) is 5.91 Å². The van der Waals surface area contributed by atoms with Gasteiger partial charge in [0, 0.05) is 18.7 Å². The van der Waals surface area contributed by atoms with Crippen molar-refractivity contribution in [2.24, 2.45) is 0 Å². The molecule has 2 aromatic heterocycles. The van der Waals surface area contributed by atoms with Crippen LogP contribution in [0.15, 0.2) is 40.9 Å². The average Bonchev–Trinajstić information content (AvgIpc) is 3.50. The molecule has 2 heterocycles. The molecule has 190 valence electrons. The smallest absolute Gasteiger partial charge is 0.266 e. The van der Waals surface area contributed by atoms with Gasteiger partial charge in [-0.1, -0.05) is 60.1 Å². The van der Waals surface area contributed by atoms with Crippen LogP contribution in [-0.2, 0) is 0 Å². The van der Waals surface area contributed by atoms with Crippen molar-refractivity contribution < 1.29 is 18.8 Å². The third-order valence-electron chi connectivity index (χ3n) is 6.11. The zero-order chi connectivity index (χ0) is 25.8. The first-order valence-electron chi connectivity index (χ1n) is 11.7. The number of aryl methyl sites for hydroxylation is 1. The van der Waals surface area contributed by atoms with Crippen molar-refractivity contribution >= 4 is 44.2 Å². The summed E-state index contributed by atoms with van der Waals surface area (Å²) in [6.45, 7) is 8.78. The highest BCUT2D eigenvalue weighted by Gasteiger charge is 2.30. The van der Waals surface area contributed by atoms with Crippen molar-refractivity contribution in [1.82, 2.24) is 15.0 Å². The van der Waals surface area contributed by atoms with E-state index < -0.39 is 0 Å². The van der Waals surface area contributed by atoms with E-state index in [1.54, 1.807) is 32.1 Å². The molecule has 1 amide bonds. The van der Waals surface area contributed by atoms with Gasteiger partial charge in [0.2, 0.25) is 0 Å². The second kappa shape index (κ2) is 11.3. The van der Waals surface area contributed by atoms with Gasteiger partial charge >= 0.3 is 0 Å². The van der Waals surface area contributed by atoms with Crippen LogP contribution < -0.4 is 14.4 Å². The first kappa shape index (κ1) is 25.9. The number of fused-ring (bicyclic) bond motifs is 1. The van der Waals surface area contributed by atoms with Gasteiger partial charge in [-0.15, -0.1) is 0 Å². The van der Waals surface area contributed by atoms with E-state index in [1.807, 2.05) is 30.3 Å². The van der Waals surface area contributed by atoms with Gasteiger partial charge in [-0.25, -0.2) is 4.98 Å². The largest absolute Gasteiger partial charge is 0.495 e. The Bertz CT molecular complexity index is 1320. The molecule has 8 nitrogen and oxygen atoms in total. The predicted molar refractivity (Wildman–Crippen MR) is 144 cm³/mol. The molecule has 0 radical (unpaired) electrons. The number of amides is 1. The van der Waals surface area contributed by atoms with Crippen molar-refractivity contribution in [3.63, 3.8) is 0 Å². The summed E-state index contributed by atoms with van der Waals surface area (Å²) in [4.78, 5) is 22.9. The zero-order valence-electron chi connectivity index (χ0n) is 21.0. The number of aromatic nitrogens is 2. The Morgan fingerprint density at radius 3 is 2.42 bits per heavy atom. The van der Waals surface area contributed by atoms with E-state index >= 15 is 0 Å². The van der Waals surface area contributed by atoms with Crippen LogP contribution in [0, 0.1) is 6.92 Å². The molecule has 0 N–H and O–H groups in total. The van der Waals surface area contributed by atoms with Crippen LogP contribution in [0.4, 0.5) is 5.13 Å². The molecule has 0 spiro atoms. The van der Waals surface area contributed by atoms with E-state index in [0.717, 1.165) is 17.8 Å². The third kappa shape index (κ3) is 4.91. The maximum Gasteiger partial charge on any atom is 0.266 e. The summed E-state index contributed by atoms with van der Waals surface area (Å²) >= 11 is 7.83. The number of hydrogen-bond donors (Lipinski definition) is 0. The van der Waals surface area contributed by atoms with Gasteiger partial charge in [-0.2, -0.15) is 0 Å². The highest BCUT2D eigenvalue weighted by atomic mass is 35.5. The van der Waals surface area contributed by atoms with Crippen LogP contribution in [0.2, 0.25) is 5.02 Å². The van der Waals surface area contributed by atoms with Gasteiger partial charge in [0.05, 0.1) is 19.2 Å². The average molecular weight is 529 g/mol. The van der Waals surface area contributed by atoms with Crippen LogP contribution in [0.5, 0.6) is 11.5 Å². The molecule has 0 atom stereocenters. The van der Waals surface area contributed by atoms with Crippen molar-refractivity contribution in [2.75, 3.05) is 45.3 Å². The van der Waals surface area contributed by atoms with Crippen molar-refractivity contribution in [3.8, 4) is 22.8 Å². The molecule has 36 heavy (non-hydrogen) atoms. The first-order chi connectivity index (χ1) is 17.4. The quantitative estimate of drug-likeness (QED) is 0.253. The number of likely N-dealkylation sites (N-methyl/N-ethyl adjacent to an activating group) is 1. The molecule has 4 aromatic rings. The van der Waals surface area contributed by atoms with Gasteiger partial charge in [-0.3, -0.25) is 9.69 Å². The Labute approximate surface area is 219 Å². The number of anilines is 1. The zero-order valence-corrected chi connectivity index (χ0v) is 22.6. The Balaban J connectivity index is 1.84. The number of ether oxygens (including phenoxy) is 2. The molecular formula is C26H29ClN4O4S. The lowest BCUT2D eigenvalue weighted by Crippen LogP contribution is -2.39. The Hall–Kier alpha value is -3.14. The Morgan fingerprint density at radius 2 is 1.75 bits per heavy atom. The van der Waals surface area contributed by atoms with Crippen LogP contribution in [0.1, 0.15) is 30.0 Å². The van der Waals surface area contributed by atoms with Crippen LogP contribution in [0.25, 0.3) is 21.5 Å². The molecule has 0 fully saturated rings. The SMILES string of the molecule is CCN(CC)CCN(C(=O)c1c(-c2ccccc2Cl)noc1C)c1nc2c(OC)ccc(OC)c2s1. The van der Waals surface area contributed by atoms with Gasteiger partial charge < -0.3 is 18.9 Å². The van der Waals surface area contributed by atoms with E-state index in [1.165, 1.54) is 11.3 Å². The van der Waals surface area contributed by atoms with Crippen LogP contribution >= 0.6 is 22.9 Å². The fourth-order valence-electron chi connectivity index (χ4n) is 4.05. The standard InChI is InChI=1S/C26H29ClN4O4S/c1-6-30(7-2)14-15-31(26-28-23-19(33-4)12-13-20(34-5)24(23)36-26)25(32)21-16(3)35-29-22(21)17-10-8-9-11-18(17)27/h8-13H,6-7,14-15H2,1-5H3. The minimum Gasteiger partial charge on any atom is -0.495 e. The number of thiazole rings is 1. The summed E-state index contributed by atoms with van der Waals surface area (Å²) < 4.78 is 17.4. The molecule has 0 aliphatic rings. The van der Waals surface area contributed by atoms with Gasteiger partial charge in [0.1, 0.15) is 38.7 Å². The predicted octanol–water partition coefficient (Wildman–Crippen LogP) is 5.92. The van der Waals surface area contributed by atoms with E-state index in [2.05, 4.69) is 23.9 Å². The lowest BCUT2D eigenvalue weighted by atomic mass is 10.1. The van der Waals surface area contributed by atoms with Crippen molar-refractivity contribution in [3.05, 3.63) is 52.7 Å². The molecule has 2 aromatic carbocycles.